The fraction of sp³-hybridized carbons (Fsp3) is 0.394. The molecule has 0 saturated carbocycles. The number of anilines is 1. The topological polar surface area (TPSA) is 69.0 Å². The molecule has 0 radical (unpaired) electrons. The molecule has 7 nitrogen and oxygen atoms in total. The van der Waals surface area contributed by atoms with Gasteiger partial charge in [-0.25, -0.2) is 0 Å². The summed E-state index contributed by atoms with van der Waals surface area (Å²) in [5, 5.41) is 9.11. The third-order valence-electron chi connectivity index (χ3n) is 7.73. The minimum absolute atomic E-state index is 0.0440. The van der Waals surface area contributed by atoms with E-state index in [-0.39, 0.29) is 18.6 Å². The highest BCUT2D eigenvalue weighted by Crippen LogP contribution is 2.27. The van der Waals surface area contributed by atoms with Crippen LogP contribution in [0.15, 0.2) is 78.9 Å². The second-order valence-corrected chi connectivity index (χ2v) is 10.6. The van der Waals surface area contributed by atoms with Gasteiger partial charge >= 0.3 is 0 Å². The molecule has 5 rings (SSSR count). The van der Waals surface area contributed by atoms with Crippen molar-refractivity contribution in [2.45, 2.75) is 32.2 Å². The number of piperazine rings is 1. The van der Waals surface area contributed by atoms with Crippen molar-refractivity contribution in [1.29, 1.82) is 5.26 Å². The maximum atomic E-state index is 12.7. The minimum Gasteiger partial charge on any atom is -0.372 e. The van der Waals surface area contributed by atoms with Gasteiger partial charge in [0, 0.05) is 51.5 Å². The quantitative estimate of drug-likeness (QED) is 0.350. The van der Waals surface area contributed by atoms with Gasteiger partial charge in [0.15, 0.2) is 0 Å². The lowest BCUT2D eigenvalue weighted by Gasteiger charge is -2.36. The van der Waals surface area contributed by atoms with Crippen molar-refractivity contribution >= 4 is 11.6 Å². The lowest BCUT2D eigenvalue weighted by molar-refractivity contribution is -0.138. The first-order valence-corrected chi connectivity index (χ1v) is 14.3. The average molecular weight is 539 g/mol. The zero-order chi connectivity index (χ0) is 27.6. The van der Waals surface area contributed by atoms with E-state index in [1.54, 1.807) is 0 Å². The largest absolute Gasteiger partial charge is 0.372 e. The molecular formula is C33H38N4O3. The summed E-state index contributed by atoms with van der Waals surface area (Å²) in [6.07, 6.45) is 2.38. The monoisotopic (exact) mass is 538 g/mol. The molecule has 40 heavy (non-hydrogen) atoms. The smallest absolute Gasteiger partial charge is 0.248 e. The number of hydrogen-bond acceptors (Lipinski definition) is 6. The molecule has 2 saturated heterocycles. The summed E-state index contributed by atoms with van der Waals surface area (Å²) < 4.78 is 12.2. The fourth-order valence-electron chi connectivity index (χ4n) is 5.36. The van der Waals surface area contributed by atoms with Crippen LogP contribution in [-0.2, 0) is 27.5 Å². The summed E-state index contributed by atoms with van der Waals surface area (Å²) in [4.78, 5) is 19.5. The van der Waals surface area contributed by atoms with Crippen molar-refractivity contribution in [3.05, 3.63) is 101 Å². The van der Waals surface area contributed by atoms with E-state index in [0.717, 1.165) is 43.9 Å². The third kappa shape index (κ3) is 7.70. The van der Waals surface area contributed by atoms with Crippen molar-refractivity contribution in [3.8, 4) is 6.07 Å². The molecule has 3 aromatic carbocycles. The minimum atomic E-state index is -0.102. The normalized spacial score (nSPS) is 16.6. The summed E-state index contributed by atoms with van der Waals surface area (Å²) >= 11 is 0. The number of nitriles is 1. The van der Waals surface area contributed by atoms with Crippen molar-refractivity contribution in [3.63, 3.8) is 0 Å². The molecule has 1 atom stereocenters. The van der Waals surface area contributed by atoms with Gasteiger partial charge in [-0.15, -0.1) is 0 Å². The van der Waals surface area contributed by atoms with Crippen molar-refractivity contribution < 1.29 is 14.3 Å². The van der Waals surface area contributed by atoms with Gasteiger partial charge in [-0.3, -0.25) is 9.69 Å². The molecule has 0 N–H and O–H groups in total. The Morgan fingerprint density at radius 1 is 0.825 bits per heavy atom. The van der Waals surface area contributed by atoms with E-state index >= 15 is 0 Å². The van der Waals surface area contributed by atoms with E-state index in [4.69, 9.17) is 14.7 Å². The van der Waals surface area contributed by atoms with Gasteiger partial charge in [0.2, 0.25) is 5.91 Å². The predicted octanol–water partition coefficient (Wildman–Crippen LogP) is 4.78. The molecule has 7 heteroatoms. The van der Waals surface area contributed by atoms with E-state index in [1.165, 1.54) is 24.1 Å². The second-order valence-electron chi connectivity index (χ2n) is 10.6. The molecule has 0 aliphatic carbocycles. The third-order valence-corrected chi connectivity index (χ3v) is 7.73. The van der Waals surface area contributed by atoms with Crippen LogP contribution in [0.25, 0.3) is 0 Å². The molecule has 2 fully saturated rings. The van der Waals surface area contributed by atoms with Gasteiger partial charge in [0.05, 0.1) is 31.0 Å². The molecule has 208 valence electrons. The number of carbonyl (C=O) groups excluding carboxylic acids is 1. The molecular weight excluding hydrogens is 500 g/mol. The highest BCUT2D eigenvalue weighted by Gasteiger charge is 2.25. The standard InChI is InChI=1S/C33H38N4O3/c34-22-27-11-13-29(14-12-27)25-40-32(30-9-6-10-31(21-30)36-15-4-5-16-36)23-35-17-19-37(20-18-35)33(38)26-39-24-28-7-2-1-3-8-28/h1-3,6-14,21,32H,4-5,15-20,23-26H2. The number of amides is 1. The van der Waals surface area contributed by atoms with Crippen LogP contribution in [0.4, 0.5) is 5.69 Å². The molecule has 2 aliphatic rings. The van der Waals surface area contributed by atoms with Crippen LogP contribution in [0, 0.1) is 11.3 Å². The van der Waals surface area contributed by atoms with Crippen LogP contribution in [0.5, 0.6) is 0 Å². The fourth-order valence-corrected chi connectivity index (χ4v) is 5.36. The predicted molar refractivity (Wildman–Crippen MR) is 156 cm³/mol. The van der Waals surface area contributed by atoms with E-state index < -0.39 is 0 Å². The highest BCUT2D eigenvalue weighted by atomic mass is 16.5. The van der Waals surface area contributed by atoms with Crippen molar-refractivity contribution in [2.75, 3.05) is 57.3 Å². The van der Waals surface area contributed by atoms with Crippen LogP contribution in [0.3, 0.4) is 0 Å². The Labute approximate surface area is 237 Å². The Balaban J connectivity index is 1.18. The Morgan fingerprint density at radius 3 is 2.27 bits per heavy atom. The van der Waals surface area contributed by atoms with Gasteiger partial charge in [0.1, 0.15) is 6.61 Å². The van der Waals surface area contributed by atoms with Crippen LogP contribution >= 0.6 is 0 Å². The summed E-state index contributed by atoms with van der Waals surface area (Å²) in [5.41, 5.74) is 5.20. The molecule has 0 bridgehead atoms. The van der Waals surface area contributed by atoms with Gasteiger partial charge < -0.3 is 19.3 Å². The van der Waals surface area contributed by atoms with E-state index in [2.05, 4.69) is 40.1 Å². The van der Waals surface area contributed by atoms with Crippen molar-refractivity contribution in [1.82, 2.24) is 9.80 Å². The molecule has 1 amide bonds. The van der Waals surface area contributed by atoms with Gasteiger partial charge in [0.25, 0.3) is 0 Å². The van der Waals surface area contributed by atoms with Crippen LogP contribution in [0.2, 0.25) is 0 Å². The molecule has 2 heterocycles. The van der Waals surface area contributed by atoms with Crippen LogP contribution in [0.1, 0.15) is 41.2 Å². The Bertz CT molecular complexity index is 1260. The molecule has 3 aromatic rings. The molecule has 0 aromatic heterocycles. The summed E-state index contributed by atoms with van der Waals surface area (Å²) in [7, 11) is 0. The first kappa shape index (κ1) is 27.9. The summed E-state index contributed by atoms with van der Waals surface area (Å²) in [6, 6.07) is 28.5. The lowest BCUT2D eigenvalue weighted by Crippen LogP contribution is -2.50. The summed E-state index contributed by atoms with van der Waals surface area (Å²) in [5.74, 6) is 0.0440. The maximum Gasteiger partial charge on any atom is 0.248 e. The van der Waals surface area contributed by atoms with Crippen LogP contribution < -0.4 is 4.90 Å². The molecule has 2 aliphatic heterocycles. The average Bonchev–Trinajstić information content (AvgIpc) is 3.56. The molecule has 0 spiro atoms. The van der Waals surface area contributed by atoms with Gasteiger partial charge in [-0.1, -0.05) is 54.6 Å². The number of hydrogen-bond donors (Lipinski definition) is 0. The Kier molecular flexibility index (Phi) is 9.81. The van der Waals surface area contributed by atoms with Crippen molar-refractivity contribution in [2.24, 2.45) is 0 Å². The first-order valence-electron chi connectivity index (χ1n) is 14.3. The SMILES string of the molecule is N#Cc1ccc(COC(CN2CCN(C(=O)COCc3ccccc3)CC2)c2cccc(N3CCCC3)c2)cc1. The second kappa shape index (κ2) is 14.1. The number of rotatable bonds is 11. The Morgan fingerprint density at radius 2 is 1.55 bits per heavy atom. The number of ether oxygens (including phenoxy) is 2. The highest BCUT2D eigenvalue weighted by molar-refractivity contribution is 5.77. The number of benzene rings is 3. The number of nitrogens with zero attached hydrogens (tertiary/aromatic N) is 4. The van der Waals surface area contributed by atoms with E-state index in [0.29, 0.717) is 31.9 Å². The molecule has 1 unspecified atom stereocenters. The van der Waals surface area contributed by atoms with E-state index in [1.807, 2.05) is 59.5 Å². The summed E-state index contributed by atoms with van der Waals surface area (Å²) in [6.45, 7) is 6.95. The maximum absolute atomic E-state index is 12.7. The number of carbonyl (C=O) groups is 1. The first-order chi connectivity index (χ1) is 19.7. The van der Waals surface area contributed by atoms with Crippen LogP contribution in [-0.4, -0.2) is 68.1 Å². The lowest BCUT2D eigenvalue weighted by atomic mass is 10.1. The Hall–Kier alpha value is -3.70. The zero-order valence-electron chi connectivity index (χ0n) is 23.1. The van der Waals surface area contributed by atoms with E-state index in [9.17, 15) is 4.79 Å². The zero-order valence-corrected chi connectivity index (χ0v) is 23.1. The van der Waals surface area contributed by atoms with Gasteiger partial charge in [-0.2, -0.15) is 5.26 Å². The van der Waals surface area contributed by atoms with Gasteiger partial charge in [-0.05, 0) is 53.8 Å².